The van der Waals surface area contributed by atoms with E-state index in [1.165, 1.54) is 0 Å². The number of hydrogen-bond donors (Lipinski definition) is 2. The normalized spacial score (nSPS) is 20.0. The lowest BCUT2D eigenvalue weighted by Gasteiger charge is -2.39. The van der Waals surface area contributed by atoms with Gasteiger partial charge in [0.25, 0.3) is 0 Å². The smallest absolute Gasteiger partial charge is 0.228 e. The Balaban J connectivity index is 2.42. The molecule has 0 radical (unpaired) electrons. The minimum absolute atomic E-state index is 0.0109. The standard InChI is InChI=1S/C11H21NO2/c1-10(2,3)7-12-9(14)11(8-13)5-4-6-11/h13H,4-8H2,1-3H3,(H,12,14). The van der Waals surface area contributed by atoms with Gasteiger partial charge >= 0.3 is 0 Å². The predicted octanol–water partition coefficient (Wildman–Crippen LogP) is 1.31. The summed E-state index contributed by atoms with van der Waals surface area (Å²) in [6, 6.07) is 0. The van der Waals surface area contributed by atoms with Crippen molar-refractivity contribution in [2.45, 2.75) is 40.0 Å². The maximum atomic E-state index is 11.8. The number of rotatable bonds is 3. The Hall–Kier alpha value is -0.570. The van der Waals surface area contributed by atoms with E-state index in [1.807, 2.05) is 0 Å². The molecule has 1 saturated carbocycles. The molecule has 1 amide bonds. The van der Waals surface area contributed by atoms with Crippen molar-refractivity contribution in [3.05, 3.63) is 0 Å². The van der Waals surface area contributed by atoms with Crippen molar-refractivity contribution >= 4 is 5.91 Å². The molecule has 1 fully saturated rings. The maximum Gasteiger partial charge on any atom is 0.228 e. The molecule has 2 N–H and O–H groups in total. The number of carbonyl (C=O) groups is 1. The highest BCUT2D eigenvalue weighted by molar-refractivity contribution is 5.83. The Kier molecular flexibility index (Phi) is 3.20. The molecule has 1 aliphatic carbocycles. The number of nitrogens with one attached hydrogen (secondary N) is 1. The van der Waals surface area contributed by atoms with Crippen molar-refractivity contribution in [2.24, 2.45) is 10.8 Å². The maximum absolute atomic E-state index is 11.8. The summed E-state index contributed by atoms with van der Waals surface area (Å²) in [6.45, 7) is 6.91. The lowest BCUT2D eigenvalue weighted by atomic mass is 9.68. The van der Waals surface area contributed by atoms with Gasteiger partial charge in [0.1, 0.15) is 0 Å². The molecule has 0 saturated heterocycles. The van der Waals surface area contributed by atoms with Crippen LogP contribution in [-0.4, -0.2) is 24.2 Å². The summed E-state index contributed by atoms with van der Waals surface area (Å²) in [5.41, 5.74) is -0.346. The fraction of sp³-hybridized carbons (Fsp3) is 0.909. The van der Waals surface area contributed by atoms with Gasteiger partial charge in [-0.05, 0) is 18.3 Å². The van der Waals surface area contributed by atoms with E-state index in [9.17, 15) is 9.90 Å². The minimum atomic E-state index is -0.453. The predicted molar refractivity (Wildman–Crippen MR) is 55.8 cm³/mol. The van der Waals surface area contributed by atoms with E-state index in [2.05, 4.69) is 26.1 Å². The molecule has 82 valence electrons. The van der Waals surface area contributed by atoms with Gasteiger partial charge in [0, 0.05) is 6.54 Å². The van der Waals surface area contributed by atoms with E-state index in [0.29, 0.717) is 6.54 Å². The van der Waals surface area contributed by atoms with Crippen molar-refractivity contribution in [1.29, 1.82) is 0 Å². The zero-order valence-corrected chi connectivity index (χ0v) is 9.39. The van der Waals surface area contributed by atoms with Crippen LogP contribution in [0.5, 0.6) is 0 Å². The first-order valence-electron chi connectivity index (χ1n) is 5.29. The molecule has 0 spiro atoms. The second-order valence-corrected chi connectivity index (χ2v) is 5.54. The Morgan fingerprint density at radius 3 is 2.29 bits per heavy atom. The van der Waals surface area contributed by atoms with Crippen LogP contribution in [0.3, 0.4) is 0 Å². The first-order chi connectivity index (χ1) is 6.40. The number of aliphatic hydroxyl groups is 1. The fourth-order valence-electron chi connectivity index (χ4n) is 1.59. The van der Waals surface area contributed by atoms with Crippen LogP contribution in [0.1, 0.15) is 40.0 Å². The molecule has 0 aliphatic heterocycles. The molecule has 0 aromatic heterocycles. The second-order valence-electron chi connectivity index (χ2n) is 5.54. The molecule has 0 aromatic carbocycles. The summed E-state index contributed by atoms with van der Waals surface area (Å²) in [5.74, 6) is 0.0289. The van der Waals surface area contributed by atoms with Gasteiger partial charge in [0.15, 0.2) is 0 Å². The Morgan fingerprint density at radius 2 is 2.00 bits per heavy atom. The third kappa shape index (κ3) is 2.47. The van der Waals surface area contributed by atoms with Gasteiger partial charge in [-0.3, -0.25) is 4.79 Å². The van der Waals surface area contributed by atoms with Crippen LogP contribution in [0.2, 0.25) is 0 Å². The molecule has 1 aliphatic rings. The molecule has 0 bridgehead atoms. The monoisotopic (exact) mass is 199 g/mol. The summed E-state index contributed by atoms with van der Waals surface area (Å²) < 4.78 is 0. The zero-order valence-electron chi connectivity index (χ0n) is 9.39. The van der Waals surface area contributed by atoms with Gasteiger partial charge in [-0.25, -0.2) is 0 Å². The first kappa shape index (κ1) is 11.5. The lowest BCUT2D eigenvalue weighted by Crippen LogP contribution is -2.49. The molecule has 1 rings (SSSR count). The third-order valence-electron chi connectivity index (χ3n) is 2.87. The number of carbonyl (C=O) groups excluding carboxylic acids is 1. The zero-order chi connectivity index (χ0) is 10.8. The van der Waals surface area contributed by atoms with Crippen LogP contribution in [0, 0.1) is 10.8 Å². The van der Waals surface area contributed by atoms with Crippen LogP contribution in [0.25, 0.3) is 0 Å². The highest BCUT2D eigenvalue weighted by atomic mass is 16.3. The van der Waals surface area contributed by atoms with Crippen LogP contribution in [0.4, 0.5) is 0 Å². The van der Waals surface area contributed by atoms with E-state index in [1.54, 1.807) is 0 Å². The minimum Gasteiger partial charge on any atom is -0.395 e. The lowest BCUT2D eigenvalue weighted by molar-refractivity contribution is -0.139. The van der Waals surface area contributed by atoms with Gasteiger partial charge in [-0.1, -0.05) is 27.2 Å². The molecule has 3 heteroatoms. The van der Waals surface area contributed by atoms with E-state index in [4.69, 9.17) is 0 Å². The summed E-state index contributed by atoms with van der Waals surface area (Å²) >= 11 is 0. The number of amides is 1. The number of hydrogen-bond acceptors (Lipinski definition) is 2. The second kappa shape index (κ2) is 3.89. The van der Waals surface area contributed by atoms with Gasteiger partial charge in [0.05, 0.1) is 12.0 Å². The molecule has 0 heterocycles. The highest BCUT2D eigenvalue weighted by Crippen LogP contribution is 2.40. The largest absolute Gasteiger partial charge is 0.395 e. The van der Waals surface area contributed by atoms with Crippen molar-refractivity contribution in [1.82, 2.24) is 5.32 Å². The van der Waals surface area contributed by atoms with Crippen molar-refractivity contribution in [2.75, 3.05) is 13.2 Å². The molecule has 3 nitrogen and oxygen atoms in total. The topological polar surface area (TPSA) is 49.3 Å². The fourth-order valence-corrected chi connectivity index (χ4v) is 1.59. The van der Waals surface area contributed by atoms with Crippen LogP contribution < -0.4 is 5.32 Å². The Labute approximate surface area is 85.9 Å². The molecular formula is C11H21NO2. The van der Waals surface area contributed by atoms with E-state index < -0.39 is 5.41 Å². The molecule has 14 heavy (non-hydrogen) atoms. The summed E-state index contributed by atoms with van der Waals surface area (Å²) in [4.78, 5) is 11.8. The van der Waals surface area contributed by atoms with Gasteiger partial charge in [0.2, 0.25) is 5.91 Å². The molecule has 0 unspecified atom stereocenters. The summed E-state index contributed by atoms with van der Waals surface area (Å²) in [7, 11) is 0. The average Bonchev–Trinajstić information content (AvgIpc) is 1.98. The highest BCUT2D eigenvalue weighted by Gasteiger charge is 2.43. The Morgan fingerprint density at radius 1 is 1.43 bits per heavy atom. The quantitative estimate of drug-likeness (QED) is 0.720. The van der Waals surface area contributed by atoms with Gasteiger partial charge < -0.3 is 10.4 Å². The average molecular weight is 199 g/mol. The SMILES string of the molecule is CC(C)(C)CNC(=O)C1(CO)CCC1. The van der Waals surface area contributed by atoms with Crippen molar-refractivity contribution in [3.63, 3.8) is 0 Å². The van der Waals surface area contributed by atoms with Crippen LogP contribution in [0.15, 0.2) is 0 Å². The summed E-state index contributed by atoms with van der Waals surface area (Å²) in [6.07, 6.45) is 2.72. The Bertz CT molecular complexity index is 208. The molecule has 0 aromatic rings. The van der Waals surface area contributed by atoms with E-state index in [-0.39, 0.29) is 17.9 Å². The molecule has 0 atom stereocenters. The van der Waals surface area contributed by atoms with Crippen LogP contribution >= 0.6 is 0 Å². The van der Waals surface area contributed by atoms with Crippen molar-refractivity contribution in [3.8, 4) is 0 Å². The van der Waals surface area contributed by atoms with E-state index in [0.717, 1.165) is 19.3 Å². The van der Waals surface area contributed by atoms with E-state index >= 15 is 0 Å². The summed E-state index contributed by atoms with van der Waals surface area (Å²) in [5, 5.41) is 12.1. The molecular weight excluding hydrogens is 178 g/mol. The van der Waals surface area contributed by atoms with Crippen molar-refractivity contribution < 1.29 is 9.90 Å². The number of aliphatic hydroxyl groups excluding tert-OH is 1. The first-order valence-corrected chi connectivity index (χ1v) is 5.29. The third-order valence-corrected chi connectivity index (χ3v) is 2.87. The van der Waals surface area contributed by atoms with Gasteiger partial charge in [-0.15, -0.1) is 0 Å². The van der Waals surface area contributed by atoms with Crippen LogP contribution in [-0.2, 0) is 4.79 Å². The van der Waals surface area contributed by atoms with Gasteiger partial charge in [-0.2, -0.15) is 0 Å².